The Morgan fingerprint density at radius 2 is 0.562 bits per heavy atom. The third-order valence-corrected chi connectivity index (χ3v) is 12.4. The Kier molecular flexibility index (Phi) is 51.3. The van der Waals surface area contributed by atoms with Gasteiger partial charge in [0.05, 0.1) is 0 Å². The minimum Gasteiger partial charge on any atom is -0.462 e. The van der Waals surface area contributed by atoms with Crippen LogP contribution in [0.3, 0.4) is 0 Å². The molecular formula is C58H106O6. The van der Waals surface area contributed by atoms with Crippen LogP contribution in [0.1, 0.15) is 297 Å². The monoisotopic (exact) mass is 899 g/mol. The summed E-state index contributed by atoms with van der Waals surface area (Å²) in [5.74, 6) is -0.872. The van der Waals surface area contributed by atoms with Gasteiger partial charge in [-0.2, -0.15) is 0 Å². The van der Waals surface area contributed by atoms with Crippen molar-refractivity contribution in [2.75, 3.05) is 13.2 Å². The van der Waals surface area contributed by atoms with Crippen LogP contribution in [0.4, 0.5) is 0 Å². The highest BCUT2D eigenvalue weighted by molar-refractivity contribution is 5.71. The maximum atomic E-state index is 12.8. The molecule has 0 unspecified atom stereocenters. The molecule has 0 saturated heterocycles. The molecule has 0 aromatic heterocycles. The molecule has 0 bridgehead atoms. The van der Waals surface area contributed by atoms with Crippen LogP contribution in [0, 0.1) is 0 Å². The predicted octanol–water partition coefficient (Wildman–Crippen LogP) is 18.5. The van der Waals surface area contributed by atoms with Crippen molar-refractivity contribution in [1.29, 1.82) is 0 Å². The lowest BCUT2D eigenvalue weighted by Crippen LogP contribution is -2.30. The molecule has 0 amide bonds. The van der Waals surface area contributed by atoms with E-state index in [9.17, 15) is 14.4 Å². The molecule has 0 N–H and O–H groups in total. The van der Waals surface area contributed by atoms with E-state index in [1.54, 1.807) is 0 Å². The van der Waals surface area contributed by atoms with Crippen LogP contribution in [-0.2, 0) is 28.6 Å². The normalized spacial score (nSPS) is 12.2. The number of carbonyl (C=O) groups is 3. The van der Waals surface area contributed by atoms with Crippen LogP contribution >= 0.6 is 0 Å². The third-order valence-electron chi connectivity index (χ3n) is 12.4. The quantitative estimate of drug-likeness (QED) is 0.0262. The average Bonchev–Trinajstić information content (AvgIpc) is 3.29. The Hall–Kier alpha value is -2.37. The summed E-state index contributed by atoms with van der Waals surface area (Å²) in [5, 5.41) is 0. The fourth-order valence-corrected chi connectivity index (χ4v) is 8.12. The van der Waals surface area contributed by atoms with Gasteiger partial charge >= 0.3 is 17.9 Å². The summed E-state index contributed by atoms with van der Waals surface area (Å²) < 4.78 is 16.8. The van der Waals surface area contributed by atoms with Gasteiger partial charge in [-0.3, -0.25) is 14.4 Å². The molecule has 0 spiro atoms. The van der Waals surface area contributed by atoms with Gasteiger partial charge in [-0.25, -0.2) is 0 Å². The second kappa shape index (κ2) is 53.2. The highest BCUT2D eigenvalue weighted by atomic mass is 16.6. The standard InChI is InChI=1S/C58H106O6/c1-4-7-10-13-16-19-22-25-27-28-29-30-32-33-36-39-42-45-48-51-57(60)63-54-55(53-62-56(59)50-47-44-41-38-35-24-21-18-15-12-9-6-3)64-58(61)52-49-46-43-40-37-34-31-26-23-20-17-14-11-8-5-2/h16,19,25-27,31,55H,4-15,17-18,20-24,28-30,32-54H2,1-3H3/b19-16-,27-25-,31-26-/t55-/m0/s1. The minimum absolute atomic E-state index is 0.0734. The molecule has 0 rings (SSSR count). The van der Waals surface area contributed by atoms with Crippen LogP contribution in [0.25, 0.3) is 0 Å². The molecule has 0 radical (unpaired) electrons. The van der Waals surface area contributed by atoms with Gasteiger partial charge in [0.15, 0.2) is 6.10 Å². The Morgan fingerprint density at radius 3 is 0.906 bits per heavy atom. The van der Waals surface area contributed by atoms with Crippen molar-refractivity contribution >= 4 is 17.9 Å². The number of allylic oxidation sites excluding steroid dienone is 6. The van der Waals surface area contributed by atoms with E-state index in [1.165, 1.54) is 186 Å². The molecule has 0 aliphatic carbocycles. The Morgan fingerprint density at radius 1 is 0.312 bits per heavy atom. The first-order valence-electron chi connectivity index (χ1n) is 28.0. The molecule has 6 heteroatoms. The van der Waals surface area contributed by atoms with Crippen LogP contribution in [-0.4, -0.2) is 37.2 Å². The molecular weight excluding hydrogens is 793 g/mol. The third kappa shape index (κ3) is 50.6. The zero-order chi connectivity index (χ0) is 46.5. The molecule has 0 aromatic rings. The van der Waals surface area contributed by atoms with Crippen LogP contribution < -0.4 is 0 Å². The smallest absolute Gasteiger partial charge is 0.306 e. The zero-order valence-corrected chi connectivity index (χ0v) is 42.8. The summed E-state index contributed by atoms with van der Waals surface area (Å²) in [5.41, 5.74) is 0. The largest absolute Gasteiger partial charge is 0.462 e. The molecule has 0 aromatic carbocycles. The van der Waals surface area contributed by atoms with Gasteiger partial charge in [0, 0.05) is 19.3 Å². The predicted molar refractivity (Wildman–Crippen MR) is 275 cm³/mol. The molecule has 0 aliphatic heterocycles. The number of rotatable bonds is 51. The fourth-order valence-electron chi connectivity index (χ4n) is 8.12. The van der Waals surface area contributed by atoms with Gasteiger partial charge in [-0.15, -0.1) is 0 Å². The van der Waals surface area contributed by atoms with Crippen molar-refractivity contribution in [3.63, 3.8) is 0 Å². The van der Waals surface area contributed by atoms with E-state index >= 15 is 0 Å². The van der Waals surface area contributed by atoms with E-state index in [1.807, 2.05) is 0 Å². The second-order valence-corrected chi connectivity index (χ2v) is 18.8. The van der Waals surface area contributed by atoms with Crippen molar-refractivity contribution in [3.8, 4) is 0 Å². The van der Waals surface area contributed by atoms with Gasteiger partial charge in [0.2, 0.25) is 0 Å². The molecule has 6 nitrogen and oxygen atoms in total. The lowest BCUT2D eigenvalue weighted by molar-refractivity contribution is -0.167. The number of carbonyl (C=O) groups excluding carboxylic acids is 3. The number of unbranched alkanes of at least 4 members (excludes halogenated alkanes) is 34. The van der Waals surface area contributed by atoms with Crippen LogP contribution in [0.2, 0.25) is 0 Å². The van der Waals surface area contributed by atoms with E-state index in [2.05, 4.69) is 57.2 Å². The van der Waals surface area contributed by atoms with Gasteiger partial charge in [-0.1, -0.05) is 237 Å². The minimum atomic E-state index is -0.774. The van der Waals surface area contributed by atoms with Gasteiger partial charge in [-0.05, 0) is 77.0 Å². The highest BCUT2D eigenvalue weighted by Crippen LogP contribution is 2.16. The van der Waals surface area contributed by atoms with Crippen molar-refractivity contribution in [3.05, 3.63) is 36.5 Å². The summed E-state index contributed by atoms with van der Waals surface area (Å²) in [6.45, 7) is 6.63. The summed E-state index contributed by atoms with van der Waals surface area (Å²) in [6.07, 6.45) is 62.7. The summed E-state index contributed by atoms with van der Waals surface area (Å²) in [6, 6.07) is 0. The lowest BCUT2D eigenvalue weighted by atomic mass is 10.0. The molecule has 64 heavy (non-hydrogen) atoms. The van der Waals surface area contributed by atoms with Gasteiger partial charge in [0.25, 0.3) is 0 Å². The molecule has 1 atom stereocenters. The molecule has 0 fully saturated rings. The SMILES string of the molecule is CCCCC/C=C\C/C=C\CCCCCCCCCCCC(=O)OC[C@H](COC(=O)CCCCCCCCCCCCCC)OC(=O)CCCCCCC/C=C\CCCCCCCC. The van der Waals surface area contributed by atoms with Crippen LogP contribution in [0.5, 0.6) is 0 Å². The van der Waals surface area contributed by atoms with Gasteiger partial charge < -0.3 is 14.2 Å². The Balaban J connectivity index is 4.33. The summed E-state index contributed by atoms with van der Waals surface area (Å²) >= 11 is 0. The second-order valence-electron chi connectivity index (χ2n) is 18.8. The zero-order valence-electron chi connectivity index (χ0n) is 42.8. The molecule has 0 aliphatic rings. The topological polar surface area (TPSA) is 78.9 Å². The van der Waals surface area contributed by atoms with E-state index in [0.717, 1.165) is 70.6 Å². The van der Waals surface area contributed by atoms with Gasteiger partial charge in [0.1, 0.15) is 13.2 Å². The Labute approximate surface area is 397 Å². The molecule has 0 saturated carbocycles. The fraction of sp³-hybridized carbons (Fsp3) is 0.845. The van der Waals surface area contributed by atoms with Crippen molar-refractivity contribution in [2.45, 2.75) is 303 Å². The number of hydrogen-bond acceptors (Lipinski definition) is 6. The number of esters is 3. The van der Waals surface area contributed by atoms with Crippen LogP contribution in [0.15, 0.2) is 36.5 Å². The lowest BCUT2D eigenvalue weighted by Gasteiger charge is -2.18. The summed E-state index contributed by atoms with van der Waals surface area (Å²) in [4.78, 5) is 38.1. The maximum absolute atomic E-state index is 12.8. The molecule has 374 valence electrons. The number of ether oxygens (including phenoxy) is 3. The van der Waals surface area contributed by atoms with E-state index in [-0.39, 0.29) is 31.1 Å². The summed E-state index contributed by atoms with van der Waals surface area (Å²) in [7, 11) is 0. The number of hydrogen-bond donors (Lipinski definition) is 0. The average molecular weight is 899 g/mol. The van der Waals surface area contributed by atoms with E-state index in [0.29, 0.717) is 19.3 Å². The van der Waals surface area contributed by atoms with E-state index < -0.39 is 6.10 Å². The van der Waals surface area contributed by atoms with E-state index in [4.69, 9.17) is 14.2 Å². The first-order chi connectivity index (χ1) is 31.5. The highest BCUT2D eigenvalue weighted by Gasteiger charge is 2.19. The van der Waals surface area contributed by atoms with Crippen molar-refractivity contribution in [2.24, 2.45) is 0 Å². The first-order valence-corrected chi connectivity index (χ1v) is 28.0. The van der Waals surface area contributed by atoms with Crippen molar-refractivity contribution in [1.82, 2.24) is 0 Å². The first kappa shape index (κ1) is 61.6. The van der Waals surface area contributed by atoms with Crippen molar-refractivity contribution < 1.29 is 28.6 Å². The Bertz CT molecular complexity index is 1080. The maximum Gasteiger partial charge on any atom is 0.306 e. The molecule has 0 heterocycles.